The molecular formula is C19H13F4N5. The number of benzene rings is 2. The van der Waals surface area contributed by atoms with Crippen molar-refractivity contribution >= 4 is 22.4 Å². The molecule has 5 nitrogen and oxygen atoms in total. The second-order valence-electron chi connectivity index (χ2n) is 6.15. The number of halogens is 4. The number of rotatable bonds is 3. The Hall–Kier alpha value is -3.49. The highest BCUT2D eigenvalue weighted by Gasteiger charge is 2.30. The van der Waals surface area contributed by atoms with Crippen LogP contribution in [0, 0.1) is 12.7 Å². The van der Waals surface area contributed by atoms with Crippen molar-refractivity contribution in [2.75, 3.05) is 5.32 Å². The number of anilines is 2. The monoisotopic (exact) mass is 387 g/mol. The van der Waals surface area contributed by atoms with Crippen molar-refractivity contribution in [3.8, 4) is 11.4 Å². The van der Waals surface area contributed by atoms with Gasteiger partial charge in [-0.2, -0.15) is 13.2 Å². The van der Waals surface area contributed by atoms with Gasteiger partial charge in [0.15, 0.2) is 0 Å². The van der Waals surface area contributed by atoms with Gasteiger partial charge < -0.3 is 10.3 Å². The molecule has 2 N–H and O–H groups in total. The molecule has 0 radical (unpaired) electrons. The van der Waals surface area contributed by atoms with Crippen LogP contribution in [0.2, 0.25) is 0 Å². The summed E-state index contributed by atoms with van der Waals surface area (Å²) in [7, 11) is 0. The Morgan fingerprint density at radius 1 is 1.00 bits per heavy atom. The Balaban J connectivity index is 1.66. The van der Waals surface area contributed by atoms with Crippen molar-refractivity contribution in [1.82, 2.24) is 19.9 Å². The van der Waals surface area contributed by atoms with Gasteiger partial charge in [-0.3, -0.25) is 0 Å². The predicted octanol–water partition coefficient (Wildman–Crippen LogP) is 5.23. The molecule has 0 aliphatic heterocycles. The van der Waals surface area contributed by atoms with E-state index in [0.717, 1.165) is 12.1 Å². The predicted molar refractivity (Wildman–Crippen MR) is 96.5 cm³/mol. The maximum absolute atomic E-state index is 14.4. The van der Waals surface area contributed by atoms with E-state index in [-0.39, 0.29) is 5.69 Å². The quantitative estimate of drug-likeness (QED) is 0.473. The normalized spacial score (nSPS) is 11.8. The highest BCUT2D eigenvalue weighted by molar-refractivity contribution is 5.84. The number of alkyl halides is 3. The minimum Gasteiger partial charge on any atom is -0.351 e. The zero-order chi connectivity index (χ0) is 19.9. The number of hydrogen-bond acceptors (Lipinski definition) is 4. The van der Waals surface area contributed by atoms with E-state index in [1.807, 2.05) is 0 Å². The van der Waals surface area contributed by atoms with Crippen molar-refractivity contribution in [3.05, 3.63) is 66.0 Å². The van der Waals surface area contributed by atoms with Crippen LogP contribution in [0.4, 0.5) is 28.9 Å². The molecular weight excluding hydrogens is 374 g/mol. The van der Waals surface area contributed by atoms with Crippen LogP contribution < -0.4 is 5.32 Å². The Morgan fingerprint density at radius 2 is 1.68 bits per heavy atom. The van der Waals surface area contributed by atoms with E-state index < -0.39 is 17.6 Å². The molecule has 0 unspecified atom stereocenters. The molecule has 0 saturated carbocycles. The number of imidazole rings is 1. The van der Waals surface area contributed by atoms with Crippen molar-refractivity contribution in [1.29, 1.82) is 0 Å². The van der Waals surface area contributed by atoms with Crippen LogP contribution >= 0.6 is 0 Å². The molecule has 4 rings (SSSR count). The van der Waals surface area contributed by atoms with Gasteiger partial charge in [-0.25, -0.2) is 19.3 Å². The fourth-order valence-corrected chi connectivity index (χ4v) is 2.69. The molecule has 0 aliphatic rings. The lowest BCUT2D eigenvalue weighted by atomic mass is 10.1. The molecule has 0 fully saturated rings. The number of hydrogen-bond donors (Lipinski definition) is 2. The molecule has 0 saturated heterocycles. The van der Waals surface area contributed by atoms with Crippen LogP contribution in [0.1, 0.15) is 11.4 Å². The van der Waals surface area contributed by atoms with Gasteiger partial charge in [0.2, 0.25) is 0 Å². The molecule has 4 aromatic rings. The Bertz CT molecular complexity index is 1130. The number of aromatic amines is 1. The number of H-pyrrole nitrogens is 1. The lowest BCUT2D eigenvalue weighted by Gasteiger charge is -2.07. The Kier molecular flexibility index (Phi) is 4.21. The first-order valence-corrected chi connectivity index (χ1v) is 8.22. The largest absolute Gasteiger partial charge is 0.416 e. The summed E-state index contributed by atoms with van der Waals surface area (Å²) in [6.07, 6.45) is -1.34. The van der Waals surface area contributed by atoms with Gasteiger partial charge in [-0.05, 0) is 25.1 Å². The van der Waals surface area contributed by atoms with Crippen LogP contribution in [0.15, 0.2) is 48.8 Å². The smallest absolute Gasteiger partial charge is 0.351 e. The van der Waals surface area contributed by atoms with Crippen LogP contribution in [-0.4, -0.2) is 19.9 Å². The average Bonchev–Trinajstić information content (AvgIpc) is 3.06. The molecule has 9 heteroatoms. The van der Waals surface area contributed by atoms with Gasteiger partial charge in [-0.15, -0.1) is 0 Å². The highest BCUT2D eigenvalue weighted by Crippen LogP contribution is 2.31. The molecule has 2 aromatic heterocycles. The van der Waals surface area contributed by atoms with E-state index >= 15 is 0 Å². The van der Waals surface area contributed by atoms with Crippen LogP contribution in [0.5, 0.6) is 0 Å². The maximum atomic E-state index is 14.4. The van der Waals surface area contributed by atoms with Gasteiger partial charge in [-0.1, -0.05) is 12.1 Å². The molecule has 2 heterocycles. The Morgan fingerprint density at radius 3 is 2.32 bits per heavy atom. The molecule has 0 atom stereocenters. The summed E-state index contributed by atoms with van der Waals surface area (Å²) in [6, 6.07) is 7.38. The van der Waals surface area contributed by atoms with Crippen LogP contribution in [0.25, 0.3) is 22.4 Å². The number of nitrogens with one attached hydrogen (secondary N) is 2. The third-order valence-electron chi connectivity index (χ3n) is 4.12. The standard InChI is InChI=1S/C19H13F4N5/c1-10-24-8-13(9-25-10)26-15-7-17-16(6-14(15)20)27-18(28-17)11-2-4-12(5-3-11)19(21,22)23/h2-9,26H,1H3,(H,27,28). The van der Waals surface area contributed by atoms with Crippen LogP contribution in [-0.2, 0) is 6.18 Å². The topological polar surface area (TPSA) is 66.5 Å². The molecule has 0 amide bonds. The first kappa shape index (κ1) is 17.9. The van der Waals surface area contributed by atoms with Gasteiger partial charge in [0.05, 0.1) is 40.4 Å². The van der Waals surface area contributed by atoms with Gasteiger partial charge in [0.25, 0.3) is 0 Å². The second-order valence-corrected chi connectivity index (χ2v) is 6.15. The van der Waals surface area contributed by atoms with E-state index in [1.54, 1.807) is 6.92 Å². The van der Waals surface area contributed by atoms with E-state index in [2.05, 4.69) is 25.3 Å². The number of nitrogens with zero attached hydrogens (tertiary/aromatic N) is 3. The van der Waals surface area contributed by atoms with Gasteiger partial charge in [0, 0.05) is 11.6 Å². The molecule has 2 aromatic carbocycles. The molecule has 0 bridgehead atoms. The summed E-state index contributed by atoms with van der Waals surface area (Å²) in [5.74, 6) is 0.411. The molecule has 0 spiro atoms. The first-order valence-electron chi connectivity index (χ1n) is 8.22. The summed E-state index contributed by atoms with van der Waals surface area (Å²) in [5.41, 5.74) is 1.33. The maximum Gasteiger partial charge on any atom is 0.416 e. The summed E-state index contributed by atoms with van der Waals surface area (Å²) >= 11 is 0. The average molecular weight is 387 g/mol. The fraction of sp³-hybridized carbons (Fsp3) is 0.105. The van der Waals surface area contributed by atoms with E-state index in [9.17, 15) is 17.6 Å². The zero-order valence-corrected chi connectivity index (χ0v) is 14.5. The number of fused-ring (bicyclic) bond motifs is 1. The minimum atomic E-state index is -4.41. The molecule has 28 heavy (non-hydrogen) atoms. The third-order valence-corrected chi connectivity index (χ3v) is 4.12. The van der Waals surface area contributed by atoms with Gasteiger partial charge in [0.1, 0.15) is 17.5 Å². The number of aromatic nitrogens is 4. The fourth-order valence-electron chi connectivity index (χ4n) is 2.69. The summed E-state index contributed by atoms with van der Waals surface area (Å²) in [6.45, 7) is 1.74. The van der Waals surface area contributed by atoms with Crippen LogP contribution in [0.3, 0.4) is 0 Å². The third kappa shape index (κ3) is 3.51. The summed E-state index contributed by atoms with van der Waals surface area (Å²) in [4.78, 5) is 15.3. The van der Waals surface area contributed by atoms with Gasteiger partial charge >= 0.3 is 6.18 Å². The zero-order valence-electron chi connectivity index (χ0n) is 14.5. The minimum absolute atomic E-state index is 0.197. The summed E-state index contributed by atoms with van der Waals surface area (Å²) in [5, 5.41) is 2.89. The van der Waals surface area contributed by atoms with E-state index in [1.165, 1.54) is 36.7 Å². The SMILES string of the molecule is Cc1ncc(Nc2cc3[nH]c(-c4ccc(C(F)(F)F)cc4)nc3cc2F)cn1. The lowest BCUT2D eigenvalue weighted by Crippen LogP contribution is -2.04. The van der Waals surface area contributed by atoms with Crippen molar-refractivity contribution < 1.29 is 17.6 Å². The number of aryl methyl sites for hydroxylation is 1. The first-order chi connectivity index (χ1) is 13.3. The molecule has 142 valence electrons. The summed E-state index contributed by atoms with van der Waals surface area (Å²) < 4.78 is 52.5. The van der Waals surface area contributed by atoms with Crippen molar-refractivity contribution in [3.63, 3.8) is 0 Å². The second kappa shape index (κ2) is 6.59. The Labute approximate surface area is 156 Å². The lowest BCUT2D eigenvalue weighted by molar-refractivity contribution is -0.137. The molecule has 0 aliphatic carbocycles. The van der Waals surface area contributed by atoms with Crippen molar-refractivity contribution in [2.45, 2.75) is 13.1 Å². The van der Waals surface area contributed by atoms with E-state index in [0.29, 0.717) is 33.9 Å². The highest BCUT2D eigenvalue weighted by atomic mass is 19.4. The van der Waals surface area contributed by atoms with Crippen molar-refractivity contribution in [2.24, 2.45) is 0 Å². The van der Waals surface area contributed by atoms with E-state index in [4.69, 9.17) is 0 Å².